The molecule has 0 fully saturated rings. The molecule has 0 radical (unpaired) electrons. The van der Waals surface area contributed by atoms with Gasteiger partial charge in [-0.05, 0) is 54.6 Å². The molecule has 0 unspecified atom stereocenters. The number of benzene rings is 4. The van der Waals surface area contributed by atoms with Crippen molar-refractivity contribution in [3.63, 3.8) is 0 Å². The normalized spacial score (nSPS) is 12.1. The number of aromatic nitrogens is 4. The van der Waals surface area contributed by atoms with Gasteiger partial charge in [0.1, 0.15) is 22.8 Å². The summed E-state index contributed by atoms with van der Waals surface area (Å²) in [5.74, 6) is 1.55. The van der Waals surface area contributed by atoms with E-state index in [0.29, 0.717) is 0 Å². The third-order valence-corrected chi connectivity index (χ3v) is 7.79. The number of rotatable bonds is 3. The molecule has 5 nitrogen and oxygen atoms in total. The van der Waals surface area contributed by atoms with Gasteiger partial charge in [-0.2, -0.15) is 0 Å². The van der Waals surface area contributed by atoms with Crippen LogP contribution in [0, 0.1) is 0 Å². The van der Waals surface area contributed by atoms with Crippen molar-refractivity contribution in [2.24, 2.45) is 0 Å². The number of para-hydroxylation sites is 2. The molecule has 0 atom stereocenters. The summed E-state index contributed by atoms with van der Waals surface area (Å²) in [7, 11) is 0. The van der Waals surface area contributed by atoms with E-state index in [1.165, 1.54) is 32.4 Å². The summed E-state index contributed by atoms with van der Waals surface area (Å²) in [4.78, 5) is 9.46. The summed E-state index contributed by atoms with van der Waals surface area (Å²) in [5.41, 5.74) is 6.33. The van der Waals surface area contributed by atoms with E-state index < -0.39 is 0 Å². The van der Waals surface area contributed by atoms with E-state index in [1.807, 2.05) is 36.7 Å². The first-order valence-electron chi connectivity index (χ1n) is 13.0. The Hall–Kier alpha value is -5.42. The van der Waals surface area contributed by atoms with Crippen molar-refractivity contribution in [3.8, 4) is 17.2 Å². The summed E-state index contributed by atoms with van der Waals surface area (Å²) < 4.78 is 10.9. The highest BCUT2D eigenvalue weighted by atomic mass is 16.5. The Balaban J connectivity index is 1.20. The van der Waals surface area contributed by atoms with E-state index >= 15 is 0 Å². The van der Waals surface area contributed by atoms with Crippen LogP contribution < -0.4 is 4.74 Å². The largest absolute Gasteiger partial charge is 0.457 e. The minimum atomic E-state index is 0.769. The Morgan fingerprint density at radius 2 is 1.15 bits per heavy atom. The summed E-state index contributed by atoms with van der Waals surface area (Å²) in [5, 5.41) is 7.13. The van der Waals surface area contributed by atoms with Crippen LogP contribution in [0.3, 0.4) is 0 Å². The standard InChI is InChI=1S/C34H20N4O/c1-2-14-30-24(9-1)28-12-5-17-35-33(28)37(30)21-7-3-8-22(19-21)39-23-15-16-25-26-10-4-11-27-29-13-6-18-36-34(29)38(32(26)27)31(25)20-23/h1-20H. The maximum Gasteiger partial charge on any atom is 0.145 e. The first-order valence-corrected chi connectivity index (χ1v) is 13.0. The smallest absolute Gasteiger partial charge is 0.145 e. The van der Waals surface area contributed by atoms with E-state index in [9.17, 15) is 0 Å². The van der Waals surface area contributed by atoms with Crippen molar-refractivity contribution in [3.05, 3.63) is 122 Å². The first kappa shape index (κ1) is 20.6. The second-order valence-corrected chi connectivity index (χ2v) is 9.92. The molecule has 9 rings (SSSR count). The molecular weight excluding hydrogens is 480 g/mol. The van der Waals surface area contributed by atoms with Gasteiger partial charge in [-0.1, -0.05) is 42.5 Å². The van der Waals surface area contributed by atoms with Crippen LogP contribution in [0.25, 0.3) is 65.8 Å². The maximum absolute atomic E-state index is 6.48. The van der Waals surface area contributed by atoms with Crippen LogP contribution in [0.2, 0.25) is 0 Å². The molecule has 0 bridgehead atoms. The quantitative estimate of drug-likeness (QED) is 0.244. The van der Waals surface area contributed by atoms with E-state index in [1.54, 1.807) is 0 Å². The van der Waals surface area contributed by atoms with Gasteiger partial charge in [0.05, 0.1) is 22.2 Å². The summed E-state index contributed by atoms with van der Waals surface area (Å²) in [6.07, 6.45) is 3.70. The fraction of sp³-hybridized carbons (Fsp3) is 0. The van der Waals surface area contributed by atoms with Crippen LogP contribution in [0.15, 0.2) is 122 Å². The second kappa shape index (κ2) is 7.55. The monoisotopic (exact) mass is 500 g/mol. The van der Waals surface area contributed by atoms with Gasteiger partial charge in [0.25, 0.3) is 0 Å². The molecule has 0 N–H and O–H groups in total. The predicted molar refractivity (Wildman–Crippen MR) is 158 cm³/mol. The lowest BCUT2D eigenvalue weighted by molar-refractivity contribution is 0.483. The first-order chi connectivity index (χ1) is 19.3. The van der Waals surface area contributed by atoms with Crippen LogP contribution in [0.5, 0.6) is 11.5 Å². The minimum Gasteiger partial charge on any atom is -0.457 e. The zero-order valence-corrected chi connectivity index (χ0v) is 20.7. The maximum atomic E-state index is 6.48. The number of ether oxygens (including phenoxy) is 1. The van der Waals surface area contributed by atoms with E-state index in [-0.39, 0.29) is 0 Å². The van der Waals surface area contributed by atoms with E-state index in [0.717, 1.165) is 44.9 Å². The fourth-order valence-corrected chi connectivity index (χ4v) is 6.21. The number of fused-ring (bicyclic) bond motifs is 9. The molecule has 5 aromatic heterocycles. The SMILES string of the molecule is c1cc(Oc2ccc3c4cccc5c6cccnc6n(c3c2)c45)cc(-n2c3ccccc3c3cccnc32)c1. The molecule has 0 aliphatic heterocycles. The summed E-state index contributed by atoms with van der Waals surface area (Å²) in [6.45, 7) is 0. The molecule has 0 amide bonds. The molecular formula is C34H20N4O. The van der Waals surface area contributed by atoms with Crippen LogP contribution >= 0.6 is 0 Å². The lowest BCUT2D eigenvalue weighted by Gasteiger charge is -2.11. The van der Waals surface area contributed by atoms with Gasteiger partial charge in [0, 0.05) is 56.8 Å². The van der Waals surface area contributed by atoms with Gasteiger partial charge in [-0.3, -0.25) is 8.97 Å². The van der Waals surface area contributed by atoms with Gasteiger partial charge in [0.15, 0.2) is 0 Å². The highest BCUT2D eigenvalue weighted by molar-refractivity contribution is 6.22. The van der Waals surface area contributed by atoms with Crippen LogP contribution in [0.1, 0.15) is 0 Å². The van der Waals surface area contributed by atoms with Crippen LogP contribution in [-0.4, -0.2) is 18.9 Å². The second-order valence-electron chi connectivity index (χ2n) is 9.92. The summed E-state index contributed by atoms with van der Waals surface area (Å²) >= 11 is 0. The number of pyridine rings is 2. The Bertz CT molecular complexity index is 2330. The molecule has 0 aliphatic carbocycles. The van der Waals surface area contributed by atoms with Crippen molar-refractivity contribution >= 4 is 60.2 Å². The zero-order valence-electron chi connectivity index (χ0n) is 20.7. The average Bonchev–Trinajstić information content (AvgIpc) is 3.62. The van der Waals surface area contributed by atoms with Gasteiger partial charge < -0.3 is 4.74 Å². The Labute approximate surface area is 222 Å². The van der Waals surface area contributed by atoms with E-state index in [2.05, 4.69) is 93.9 Å². The zero-order chi connectivity index (χ0) is 25.5. The molecule has 5 heteroatoms. The van der Waals surface area contributed by atoms with Crippen LogP contribution in [-0.2, 0) is 0 Å². The Morgan fingerprint density at radius 3 is 2.05 bits per heavy atom. The molecule has 0 saturated carbocycles. The predicted octanol–water partition coefficient (Wildman–Crippen LogP) is 8.52. The van der Waals surface area contributed by atoms with E-state index in [4.69, 9.17) is 14.7 Å². The van der Waals surface area contributed by atoms with Crippen molar-refractivity contribution in [1.82, 2.24) is 18.9 Å². The number of hydrogen-bond acceptors (Lipinski definition) is 3. The lowest BCUT2D eigenvalue weighted by Crippen LogP contribution is -1.96. The third-order valence-electron chi connectivity index (χ3n) is 7.79. The lowest BCUT2D eigenvalue weighted by atomic mass is 10.1. The molecule has 0 aliphatic rings. The van der Waals surface area contributed by atoms with Crippen molar-refractivity contribution in [1.29, 1.82) is 0 Å². The molecule has 4 aromatic carbocycles. The minimum absolute atomic E-state index is 0.769. The van der Waals surface area contributed by atoms with Gasteiger partial charge in [-0.25, -0.2) is 9.97 Å². The average molecular weight is 501 g/mol. The van der Waals surface area contributed by atoms with Crippen LogP contribution in [0.4, 0.5) is 0 Å². The molecule has 182 valence electrons. The summed E-state index contributed by atoms with van der Waals surface area (Å²) in [6, 6.07) is 37.7. The third kappa shape index (κ3) is 2.79. The fourth-order valence-electron chi connectivity index (χ4n) is 6.21. The molecule has 39 heavy (non-hydrogen) atoms. The van der Waals surface area contributed by atoms with Gasteiger partial charge in [0.2, 0.25) is 0 Å². The molecule has 5 heterocycles. The number of hydrogen-bond donors (Lipinski definition) is 0. The molecule has 0 saturated heterocycles. The molecule has 9 aromatic rings. The highest BCUT2D eigenvalue weighted by Gasteiger charge is 2.18. The van der Waals surface area contributed by atoms with Crippen molar-refractivity contribution in [2.75, 3.05) is 0 Å². The van der Waals surface area contributed by atoms with Gasteiger partial charge in [-0.15, -0.1) is 0 Å². The molecule has 0 spiro atoms. The Kier molecular flexibility index (Phi) is 3.99. The highest BCUT2D eigenvalue weighted by Crippen LogP contribution is 2.40. The number of nitrogens with zero attached hydrogens (tertiary/aromatic N) is 4. The topological polar surface area (TPSA) is 44.4 Å². The van der Waals surface area contributed by atoms with Crippen molar-refractivity contribution < 1.29 is 4.74 Å². The van der Waals surface area contributed by atoms with Gasteiger partial charge >= 0.3 is 0 Å². The van der Waals surface area contributed by atoms with Crippen molar-refractivity contribution in [2.45, 2.75) is 0 Å². The Morgan fingerprint density at radius 1 is 0.487 bits per heavy atom.